The van der Waals surface area contributed by atoms with Gasteiger partial charge in [-0.15, -0.1) is 0 Å². The van der Waals surface area contributed by atoms with Crippen molar-refractivity contribution in [2.24, 2.45) is 0 Å². The van der Waals surface area contributed by atoms with Crippen molar-refractivity contribution in [1.82, 2.24) is 0 Å². The number of para-hydroxylation sites is 2. The molecule has 100 valence electrons. The summed E-state index contributed by atoms with van der Waals surface area (Å²) in [6.45, 7) is 8.51. The third-order valence-electron chi connectivity index (χ3n) is 3.20. The molecule has 2 rings (SSSR count). The molecule has 0 aliphatic heterocycles. The van der Waals surface area contributed by atoms with Crippen LogP contribution in [0.5, 0.6) is 11.5 Å². The van der Waals surface area contributed by atoms with E-state index in [0.717, 1.165) is 17.1 Å². The van der Waals surface area contributed by atoms with Crippen molar-refractivity contribution in [3.8, 4) is 11.5 Å². The minimum atomic E-state index is 0.0369. The number of aryl methyl sites for hydroxylation is 1. The normalized spacial score (nSPS) is 11.4. The molecule has 19 heavy (non-hydrogen) atoms. The van der Waals surface area contributed by atoms with Crippen LogP contribution in [0.25, 0.3) is 0 Å². The summed E-state index contributed by atoms with van der Waals surface area (Å²) in [5.74, 6) is 1.59. The second-order valence-electron chi connectivity index (χ2n) is 5.83. The van der Waals surface area contributed by atoms with Gasteiger partial charge in [-0.25, -0.2) is 0 Å². The number of nitrogen functional groups attached to an aromatic ring is 1. The summed E-state index contributed by atoms with van der Waals surface area (Å²) >= 11 is 0. The van der Waals surface area contributed by atoms with Gasteiger partial charge in [-0.2, -0.15) is 0 Å². The number of ether oxygens (including phenoxy) is 1. The molecule has 0 spiro atoms. The van der Waals surface area contributed by atoms with Crippen LogP contribution in [0.2, 0.25) is 0 Å². The highest BCUT2D eigenvalue weighted by molar-refractivity contribution is 5.59. The molecule has 2 aromatic carbocycles. The average molecular weight is 255 g/mol. The lowest BCUT2D eigenvalue weighted by Gasteiger charge is -2.23. The minimum Gasteiger partial charge on any atom is -0.455 e. The first-order valence-electron chi connectivity index (χ1n) is 6.52. The van der Waals surface area contributed by atoms with Crippen molar-refractivity contribution in [3.63, 3.8) is 0 Å². The topological polar surface area (TPSA) is 35.2 Å². The molecule has 2 aromatic rings. The predicted molar refractivity (Wildman–Crippen MR) is 80.8 cm³/mol. The first kappa shape index (κ1) is 13.5. The van der Waals surface area contributed by atoms with E-state index < -0.39 is 0 Å². The van der Waals surface area contributed by atoms with Crippen LogP contribution < -0.4 is 10.5 Å². The Hall–Kier alpha value is -1.96. The van der Waals surface area contributed by atoms with Crippen LogP contribution in [-0.2, 0) is 5.41 Å². The number of nitrogens with two attached hydrogens (primary N) is 1. The van der Waals surface area contributed by atoms with Gasteiger partial charge in [0, 0.05) is 5.56 Å². The summed E-state index contributed by atoms with van der Waals surface area (Å²) in [4.78, 5) is 0. The third kappa shape index (κ3) is 2.90. The van der Waals surface area contributed by atoms with Gasteiger partial charge in [0.15, 0.2) is 5.75 Å². The summed E-state index contributed by atoms with van der Waals surface area (Å²) < 4.78 is 6.02. The Morgan fingerprint density at radius 2 is 1.53 bits per heavy atom. The van der Waals surface area contributed by atoms with Gasteiger partial charge in [-0.05, 0) is 30.0 Å². The second-order valence-corrected chi connectivity index (χ2v) is 5.83. The van der Waals surface area contributed by atoms with E-state index in [4.69, 9.17) is 10.5 Å². The molecule has 0 heterocycles. The molecule has 0 amide bonds. The van der Waals surface area contributed by atoms with Gasteiger partial charge in [0.1, 0.15) is 5.75 Å². The van der Waals surface area contributed by atoms with Crippen LogP contribution >= 0.6 is 0 Å². The first-order valence-corrected chi connectivity index (χ1v) is 6.52. The van der Waals surface area contributed by atoms with E-state index in [0.29, 0.717) is 5.69 Å². The van der Waals surface area contributed by atoms with Gasteiger partial charge in [-0.3, -0.25) is 0 Å². The Morgan fingerprint density at radius 3 is 2.21 bits per heavy atom. The quantitative estimate of drug-likeness (QED) is 0.792. The maximum Gasteiger partial charge on any atom is 0.150 e. The van der Waals surface area contributed by atoms with Crippen molar-refractivity contribution >= 4 is 5.69 Å². The predicted octanol–water partition coefficient (Wildman–Crippen LogP) is 4.67. The largest absolute Gasteiger partial charge is 0.455 e. The third-order valence-corrected chi connectivity index (χ3v) is 3.20. The first-order chi connectivity index (χ1) is 8.89. The standard InChI is InChI=1S/C17H21NO/c1-12-8-7-11-15(16(12)18)19-14-10-6-5-9-13(14)17(2,3)4/h5-11H,18H2,1-4H3. The Bertz CT molecular complexity index is 582. The fraction of sp³-hybridized carbons (Fsp3) is 0.294. The molecule has 0 bridgehead atoms. The van der Waals surface area contributed by atoms with Gasteiger partial charge in [0.25, 0.3) is 0 Å². The fourth-order valence-corrected chi connectivity index (χ4v) is 2.04. The number of hydrogen-bond acceptors (Lipinski definition) is 2. The van der Waals surface area contributed by atoms with E-state index in [1.807, 2.05) is 43.3 Å². The number of rotatable bonds is 2. The molecule has 0 aliphatic rings. The van der Waals surface area contributed by atoms with Crippen molar-refractivity contribution in [2.45, 2.75) is 33.1 Å². The summed E-state index contributed by atoms with van der Waals surface area (Å²) in [5, 5.41) is 0. The highest BCUT2D eigenvalue weighted by atomic mass is 16.5. The zero-order valence-electron chi connectivity index (χ0n) is 12.0. The van der Waals surface area contributed by atoms with Crippen LogP contribution in [-0.4, -0.2) is 0 Å². The van der Waals surface area contributed by atoms with Gasteiger partial charge < -0.3 is 10.5 Å². The Kier molecular flexibility index (Phi) is 3.52. The maximum absolute atomic E-state index is 6.06. The maximum atomic E-state index is 6.06. The van der Waals surface area contributed by atoms with E-state index in [1.165, 1.54) is 5.56 Å². The monoisotopic (exact) mass is 255 g/mol. The van der Waals surface area contributed by atoms with Gasteiger partial charge in [-0.1, -0.05) is 51.1 Å². The summed E-state index contributed by atoms with van der Waals surface area (Å²) in [7, 11) is 0. The van der Waals surface area contributed by atoms with E-state index in [-0.39, 0.29) is 5.41 Å². The molecule has 0 saturated heterocycles. The van der Waals surface area contributed by atoms with Crippen molar-refractivity contribution in [1.29, 1.82) is 0 Å². The van der Waals surface area contributed by atoms with E-state index in [1.54, 1.807) is 0 Å². The Morgan fingerprint density at radius 1 is 0.895 bits per heavy atom. The van der Waals surface area contributed by atoms with Crippen molar-refractivity contribution in [2.75, 3.05) is 5.73 Å². The smallest absolute Gasteiger partial charge is 0.150 e. The van der Waals surface area contributed by atoms with Crippen LogP contribution in [0.15, 0.2) is 42.5 Å². The lowest BCUT2D eigenvalue weighted by atomic mass is 9.86. The molecular weight excluding hydrogens is 234 g/mol. The molecule has 2 N–H and O–H groups in total. The summed E-state index contributed by atoms with van der Waals surface area (Å²) in [6, 6.07) is 14.0. The number of hydrogen-bond donors (Lipinski definition) is 1. The lowest BCUT2D eigenvalue weighted by molar-refractivity contribution is 0.457. The number of anilines is 1. The summed E-state index contributed by atoms with van der Waals surface area (Å²) in [5.41, 5.74) is 9.01. The Balaban J connectivity index is 2.42. The molecule has 0 radical (unpaired) electrons. The lowest BCUT2D eigenvalue weighted by Crippen LogP contribution is -2.12. The van der Waals surface area contributed by atoms with Gasteiger partial charge >= 0.3 is 0 Å². The molecule has 0 aromatic heterocycles. The highest BCUT2D eigenvalue weighted by Crippen LogP contribution is 2.36. The van der Waals surface area contributed by atoms with Crippen LogP contribution in [0.4, 0.5) is 5.69 Å². The molecule has 0 saturated carbocycles. The van der Waals surface area contributed by atoms with Crippen molar-refractivity contribution in [3.05, 3.63) is 53.6 Å². The molecular formula is C17H21NO. The molecule has 0 atom stereocenters. The van der Waals surface area contributed by atoms with E-state index in [9.17, 15) is 0 Å². The molecule has 0 aliphatic carbocycles. The van der Waals surface area contributed by atoms with Gasteiger partial charge in [0.2, 0.25) is 0 Å². The van der Waals surface area contributed by atoms with E-state index >= 15 is 0 Å². The SMILES string of the molecule is Cc1cccc(Oc2ccccc2C(C)(C)C)c1N. The number of benzene rings is 2. The minimum absolute atomic E-state index is 0.0369. The Labute approximate surface area is 115 Å². The second kappa shape index (κ2) is 4.96. The van der Waals surface area contributed by atoms with Crippen LogP contribution in [0.1, 0.15) is 31.9 Å². The molecule has 0 unspecified atom stereocenters. The molecule has 0 fully saturated rings. The zero-order chi connectivity index (χ0) is 14.0. The van der Waals surface area contributed by atoms with Crippen molar-refractivity contribution < 1.29 is 4.74 Å². The average Bonchev–Trinajstić information content (AvgIpc) is 2.34. The zero-order valence-corrected chi connectivity index (χ0v) is 12.0. The van der Waals surface area contributed by atoms with E-state index in [2.05, 4.69) is 26.8 Å². The van der Waals surface area contributed by atoms with Crippen LogP contribution in [0, 0.1) is 6.92 Å². The molecule has 2 heteroatoms. The van der Waals surface area contributed by atoms with Gasteiger partial charge in [0.05, 0.1) is 5.69 Å². The fourth-order valence-electron chi connectivity index (χ4n) is 2.04. The summed E-state index contributed by atoms with van der Waals surface area (Å²) in [6.07, 6.45) is 0. The van der Waals surface area contributed by atoms with Crippen LogP contribution in [0.3, 0.4) is 0 Å². The molecule has 2 nitrogen and oxygen atoms in total. The highest BCUT2D eigenvalue weighted by Gasteiger charge is 2.19.